The van der Waals surface area contributed by atoms with Crippen LogP contribution in [0, 0.1) is 0 Å². The maximum Gasteiger partial charge on any atom is 0.144 e. The lowest BCUT2D eigenvalue weighted by molar-refractivity contribution is 0.369. The molecule has 16 rings (SSSR count). The molecular formula is C94H101NO2. The third-order valence-electron chi connectivity index (χ3n) is 24.6. The minimum Gasteiger partial charge on any atom is -0.456 e. The molecule has 0 saturated carbocycles. The van der Waals surface area contributed by atoms with E-state index in [1.807, 2.05) is 0 Å². The van der Waals surface area contributed by atoms with Crippen molar-refractivity contribution in [2.45, 2.75) is 231 Å². The van der Waals surface area contributed by atoms with Gasteiger partial charge >= 0.3 is 0 Å². The molecule has 0 fully saturated rings. The second kappa shape index (κ2) is 25.6. The minimum atomic E-state index is -0.293. The molecule has 4 aliphatic carbocycles. The molecule has 0 aliphatic heterocycles. The van der Waals surface area contributed by atoms with Crippen molar-refractivity contribution in [2.24, 2.45) is 0 Å². The normalized spacial score (nSPS) is 15.3. The predicted molar refractivity (Wildman–Crippen MR) is 414 cm³/mol. The summed E-state index contributed by atoms with van der Waals surface area (Å²) >= 11 is 0. The monoisotopic (exact) mass is 1280 g/mol. The van der Waals surface area contributed by atoms with Gasteiger partial charge in [-0.15, -0.1) is 0 Å². The molecule has 0 saturated heterocycles. The fourth-order valence-corrected chi connectivity index (χ4v) is 19.7. The van der Waals surface area contributed by atoms with Crippen molar-refractivity contribution in [1.82, 2.24) is 0 Å². The van der Waals surface area contributed by atoms with Gasteiger partial charge in [-0.1, -0.05) is 299 Å². The van der Waals surface area contributed by atoms with Crippen molar-refractivity contribution in [3.8, 4) is 44.5 Å². The van der Waals surface area contributed by atoms with Crippen LogP contribution in [0.5, 0.6) is 0 Å². The molecule has 4 aliphatic rings. The van der Waals surface area contributed by atoms with Crippen molar-refractivity contribution < 1.29 is 8.83 Å². The van der Waals surface area contributed by atoms with Gasteiger partial charge in [-0.3, -0.25) is 0 Å². The van der Waals surface area contributed by atoms with E-state index in [0.717, 1.165) is 35.2 Å². The number of anilines is 3. The molecule has 0 N–H and O–H groups in total. The van der Waals surface area contributed by atoms with Crippen molar-refractivity contribution in [1.29, 1.82) is 0 Å². The van der Waals surface area contributed by atoms with E-state index in [9.17, 15) is 0 Å². The van der Waals surface area contributed by atoms with Gasteiger partial charge in [-0.05, 0) is 175 Å². The first-order valence-corrected chi connectivity index (χ1v) is 38.3. The van der Waals surface area contributed by atoms with Crippen molar-refractivity contribution in [2.75, 3.05) is 4.90 Å². The Morgan fingerprint density at radius 2 is 0.784 bits per heavy atom. The summed E-state index contributed by atoms with van der Waals surface area (Å²) in [5.41, 5.74) is 29.9. The fraction of sp³-hybridized carbons (Fsp3) is 0.383. The van der Waals surface area contributed by atoms with Crippen molar-refractivity contribution in [3.05, 3.63) is 220 Å². The second-order valence-electron chi connectivity index (χ2n) is 31.1. The van der Waals surface area contributed by atoms with Crippen LogP contribution in [-0.4, -0.2) is 0 Å². The van der Waals surface area contributed by atoms with Gasteiger partial charge in [0, 0.05) is 65.5 Å². The molecule has 10 aromatic carbocycles. The van der Waals surface area contributed by atoms with Crippen molar-refractivity contribution in [3.63, 3.8) is 0 Å². The summed E-state index contributed by atoms with van der Waals surface area (Å²) < 4.78 is 14.2. The Bertz CT molecular complexity index is 4940. The molecule has 0 atom stereocenters. The molecule has 0 unspecified atom stereocenters. The molecule has 494 valence electrons. The first-order chi connectivity index (χ1) is 47.5. The van der Waals surface area contributed by atoms with Crippen LogP contribution in [0.3, 0.4) is 0 Å². The highest BCUT2D eigenvalue weighted by Gasteiger charge is 2.54. The van der Waals surface area contributed by atoms with Crippen LogP contribution in [0.15, 0.2) is 185 Å². The van der Waals surface area contributed by atoms with E-state index < -0.39 is 0 Å². The second-order valence-corrected chi connectivity index (χ2v) is 31.1. The Hall–Kier alpha value is -8.14. The van der Waals surface area contributed by atoms with Crippen LogP contribution in [0.2, 0.25) is 0 Å². The van der Waals surface area contributed by atoms with E-state index in [1.54, 1.807) is 16.7 Å². The average Bonchev–Trinajstić information content (AvgIpc) is 1.50. The number of fused-ring (bicyclic) bond motifs is 23. The van der Waals surface area contributed by atoms with Crippen LogP contribution < -0.4 is 4.90 Å². The maximum atomic E-state index is 7.58. The molecule has 0 amide bonds. The summed E-state index contributed by atoms with van der Waals surface area (Å²) in [6.45, 7) is 19.3. The molecule has 0 radical (unpaired) electrons. The zero-order chi connectivity index (χ0) is 66.2. The lowest BCUT2D eigenvalue weighted by Crippen LogP contribution is -2.33. The van der Waals surface area contributed by atoms with Gasteiger partial charge in [-0.25, -0.2) is 0 Å². The smallest absolute Gasteiger partial charge is 0.144 e. The zero-order valence-electron chi connectivity index (χ0n) is 59.5. The predicted octanol–water partition coefficient (Wildman–Crippen LogP) is 28.7. The highest BCUT2D eigenvalue weighted by Crippen LogP contribution is 2.68. The van der Waals surface area contributed by atoms with Gasteiger partial charge in [0.1, 0.15) is 22.3 Å². The minimum absolute atomic E-state index is 0.148. The number of hydrogen-bond acceptors (Lipinski definition) is 3. The number of benzene rings is 10. The SMILES string of the molecule is CCCCCCCC1(CCCCCCC)c2ccccc2-c2c1c1c(c3c2oc2ccccc23)-c2ccc(N(c3ccc4c(c3)C(C)(C)c3cc5c(cc3-4)C(C)(C)c3ccc4oc6ccccc6c4c3-5)c3cccc4ccccc34)cc2C1(CCCCCCC)CCCCCCC. The van der Waals surface area contributed by atoms with Crippen LogP contribution in [0.4, 0.5) is 17.1 Å². The zero-order valence-corrected chi connectivity index (χ0v) is 59.5. The van der Waals surface area contributed by atoms with Crippen molar-refractivity contribution >= 4 is 71.7 Å². The summed E-state index contributed by atoms with van der Waals surface area (Å²) in [5, 5.41) is 7.53. The van der Waals surface area contributed by atoms with E-state index in [-0.39, 0.29) is 21.7 Å². The third kappa shape index (κ3) is 10.1. The first kappa shape index (κ1) is 63.6. The number of hydrogen-bond donors (Lipinski definition) is 0. The van der Waals surface area contributed by atoms with Gasteiger partial charge in [0.15, 0.2) is 0 Å². The topological polar surface area (TPSA) is 29.5 Å². The number of nitrogens with zero attached hydrogens (tertiary/aromatic N) is 1. The van der Waals surface area contributed by atoms with E-state index in [0.29, 0.717) is 0 Å². The van der Waals surface area contributed by atoms with Crippen LogP contribution in [-0.2, 0) is 21.7 Å². The average molecular weight is 1280 g/mol. The van der Waals surface area contributed by atoms with Gasteiger partial charge in [-0.2, -0.15) is 0 Å². The molecule has 12 aromatic rings. The molecule has 2 aromatic heterocycles. The Morgan fingerprint density at radius 1 is 0.309 bits per heavy atom. The summed E-state index contributed by atoms with van der Waals surface area (Å²) in [6, 6.07) is 68.8. The highest BCUT2D eigenvalue weighted by atomic mass is 16.3. The largest absolute Gasteiger partial charge is 0.456 e. The lowest BCUT2D eigenvalue weighted by Gasteiger charge is -2.40. The molecular weight excluding hydrogens is 1180 g/mol. The first-order valence-electron chi connectivity index (χ1n) is 38.3. The summed E-state index contributed by atoms with van der Waals surface area (Å²) in [5.74, 6) is 0. The number of furan rings is 2. The molecule has 3 heteroatoms. The van der Waals surface area contributed by atoms with Crippen LogP contribution >= 0.6 is 0 Å². The molecule has 3 nitrogen and oxygen atoms in total. The third-order valence-corrected chi connectivity index (χ3v) is 24.6. The van der Waals surface area contributed by atoms with E-state index >= 15 is 0 Å². The standard InChI is InChI=1S/C94H101NO2/c1-9-13-17-21-33-54-93(55-34-22-18-14-10-2)73-44-30-27-41-67(73)87-89(93)88-85(86-70-43-29-32-47-81(70)97-90(86)87)68-51-49-64(59-78(68)94(88,56-35-23-19-15-11-3)57-36-24-20-16-12-4)95(79-45-37-39-62-38-25-26-40-65(62)79)63-48-50-66-71-60-77-72(61-76(71)92(7,8)75(66)58-63)83-74(91(77,5)6)52-53-82-84(83)69-42-28-31-46-80(69)96-82/h25-32,37-53,58-61H,9-24,33-36,54-57H2,1-8H3. The Balaban J connectivity index is 0.931. The Kier molecular flexibility index (Phi) is 16.8. The Morgan fingerprint density at radius 3 is 1.43 bits per heavy atom. The van der Waals surface area contributed by atoms with Gasteiger partial charge in [0.2, 0.25) is 0 Å². The Labute approximate surface area is 578 Å². The number of para-hydroxylation sites is 2. The van der Waals surface area contributed by atoms with E-state index in [1.165, 1.54) is 263 Å². The fourth-order valence-electron chi connectivity index (χ4n) is 19.7. The van der Waals surface area contributed by atoms with Gasteiger partial charge < -0.3 is 13.7 Å². The molecule has 0 bridgehead atoms. The summed E-state index contributed by atoms with van der Waals surface area (Å²) in [4.78, 5) is 2.68. The molecule has 2 heterocycles. The lowest BCUT2D eigenvalue weighted by atomic mass is 9.62. The van der Waals surface area contributed by atoms with E-state index in [2.05, 4.69) is 236 Å². The molecule has 0 spiro atoms. The summed E-state index contributed by atoms with van der Waals surface area (Å²) in [7, 11) is 0. The number of unbranched alkanes of at least 4 members (excludes halogenated alkanes) is 16. The van der Waals surface area contributed by atoms with Crippen LogP contribution in [0.25, 0.3) is 99.2 Å². The van der Waals surface area contributed by atoms with Gasteiger partial charge in [0.25, 0.3) is 0 Å². The van der Waals surface area contributed by atoms with E-state index in [4.69, 9.17) is 8.83 Å². The highest BCUT2D eigenvalue weighted by molar-refractivity contribution is 6.21. The quantitative estimate of drug-likeness (QED) is 0.0481. The maximum absolute atomic E-state index is 7.58. The van der Waals surface area contributed by atoms with Crippen LogP contribution in [0.1, 0.15) is 254 Å². The molecule has 97 heavy (non-hydrogen) atoms. The summed E-state index contributed by atoms with van der Waals surface area (Å²) in [6.07, 6.45) is 29.9. The number of rotatable bonds is 27. The van der Waals surface area contributed by atoms with Gasteiger partial charge in [0.05, 0.1) is 5.69 Å².